The van der Waals surface area contributed by atoms with Gasteiger partial charge < -0.3 is 14.6 Å². The second kappa shape index (κ2) is 6.91. The van der Waals surface area contributed by atoms with Crippen molar-refractivity contribution >= 4 is 44.4 Å². The van der Waals surface area contributed by atoms with Crippen molar-refractivity contribution in [2.24, 2.45) is 0 Å². The minimum atomic E-state index is -0.563. The summed E-state index contributed by atoms with van der Waals surface area (Å²) < 4.78 is 7.53. The third-order valence-corrected chi connectivity index (χ3v) is 5.44. The lowest BCUT2D eigenvalue weighted by Crippen LogP contribution is -2.24. The number of para-hydroxylation sites is 1. The fraction of sp³-hybridized carbons (Fsp3) is 0.190. The molecule has 2 heterocycles. The van der Waals surface area contributed by atoms with Gasteiger partial charge >= 0.3 is 5.97 Å². The van der Waals surface area contributed by atoms with Crippen LogP contribution in [0.1, 0.15) is 39.2 Å². The maximum atomic E-state index is 13.0. The van der Waals surface area contributed by atoms with Crippen LogP contribution < -0.4 is 10.7 Å². The first-order valence-electron chi connectivity index (χ1n) is 8.76. The van der Waals surface area contributed by atoms with Crippen LogP contribution in [-0.4, -0.2) is 23.6 Å². The Labute approximate surface area is 169 Å². The molecule has 142 valence electrons. The van der Waals surface area contributed by atoms with Crippen molar-refractivity contribution in [3.63, 3.8) is 0 Å². The summed E-state index contributed by atoms with van der Waals surface area (Å²) >= 11 is 3.45. The molecule has 2 aromatic carbocycles. The van der Waals surface area contributed by atoms with Crippen LogP contribution in [0.15, 0.2) is 51.9 Å². The van der Waals surface area contributed by atoms with E-state index in [1.54, 1.807) is 36.5 Å². The Kier molecular flexibility index (Phi) is 4.55. The molecule has 1 atom stereocenters. The van der Waals surface area contributed by atoms with E-state index < -0.39 is 11.9 Å². The summed E-state index contributed by atoms with van der Waals surface area (Å²) in [6, 6.07) is 10.4. The van der Waals surface area contributed by atoms with Crippen molar-refractivity contribution in [1.29, 1.82) is 0 Å². The molecule has 1 aliphatic rings. The quantitative estimate of drug-likeness (QED) is 0.626. The predicted octanol–water partition coefficient (Wildman–Crippen LogP) is 3.92. The fourth-order valence-corrected chi connectivity index (χ4v) is 4.20. The first-order valence-corrected chi connectivity index (χ1v) is 9.56. The molecule has 0 radical (unpaired) electrons. The summed E-state index contributed by atoms with van der Waals surface area (Å²) in [4.78, 5) is 37.9. The zero-order valence-corrected chi connectivity index (χ0v) is 16.9. The number of ether oxygens (including phenoxy) is 1. The molecular weight excluding hydrogens is 424 g/mol. The van der Waals surface area contributed by atoms with Crippen LogP contribution in [0.25, 0.3) is 10.9 Å². The fourth-order valence-electron chi connectivity index (χ4n) is 3.69. The SMILES string of the molecule is COC(=O)c1ccccc1NC(=O)c1cn2c3c(cc(Br)cc3c1=O)CC2C. The highest BCUT2D eigenvalue weighted by Gasteiger charge is 2.25. The lowest BCUT2D eigenvalue weighted by Gasteiger charge is -2.14. The Morgan fingerprint density at radius 2 is 1.96 bits per heavy atom. The number of carbonyl (C=O) groups excluding carboxylic acids is 2. The van der Waals surface area contributed by atoms with Crippen molar-refractivity contribution < 1.29 is 14.3 Å². The molecule has 6 nitrogen and oxygen atoms in total. The van der Waals surface area contributed by atoms with Crippen molar-refractivity contribution in [2.45, 2.75) is 19.4 Å². The van der Waals surface area contributed by atoms with Gasteiger partial charge in [0.2, 0.25) is 5.43 Å². The third kappa shape index (κ3) is 2.92. The van der Waals surface area contributed by atoms with E-state index in [1.165, 1.54) is 7.11 Å². The zero-order valence-electron chi connectivity index (χ0n) is 15.3. The monoisotopic (exact) mass is 440 g/mol. The largest absolute Gasteiger partial charge is 0.465 e. The van der Waals surface area contributed by atoms with Gasteiger partial charge in [-0.3, -0.25) is 9.59 Å². The van der Waals surface area contributed by atoms with Gasteiger partial charge in [-0.1, -0.05) is 28.1 Å². The number of methoxy groups -OCH3 is 1. The van der Waals surface area contributed by atoms with Crippen molar-refractivity contribution in [3.05, 3.63) is 74.0 Å². The molecule has 0 spiro atoms. The van der Waals surface area contributed by atoms with Gasteiger partial charge in [0.25, 0.3) is 5.91 Å². The van der Waals surface area contributed by atoms with Crippen molar-refractivity contribution in [2.75, 3.05) is 12.4 Å². The average molecular weight is 441 g/mol. The first kappa shape index (κ1) is 18.4. The van der Waals surface area contributed by atoms with Crippen LogP contribution in [0.2, 0.25) is 0 Å². The van der Waals surface area contributed by atoms with E-state index >= 15 is 0 Å². The summed E-state index contributed by atoms with van der Waals surface area (Å²) in [6.07, 6.45) is 2.40. The Morgan fingerprint density at radius 3 is 2.71 bits per heavy atom. The number of nitrogens with zero attached hydrogens (tertiary/aromatic N) is 1. The summed E-state index contributed by atoms with van der Waals surface area (Å²) in [5.41, 5.74) is 2.16. The predicted molar refractivity (Wildman–Crippen MR) is 110 cm³/mol. The summed E-state index contributed by atoms with van der Waals surface area (Å²) in [5, 5.41) is 3.18. The highest BCUT2D eigenvalue weighted by Crippen LogP contribution is 2.33. The molecule has 7 heteroatoms. The maximum absolute atomic E-state index is 13.0. The molecular formula is C21H17BrN2O4. The molecule has 3 aromatic rings. The Balaban J connectivity index is 1.82. The highest BCUT2D eigenvalue weighted by molar-refractivity contribution is 9.10. The molecule has 1 unspecified atom stereocenters. The van der Waals surface area contributed by atoms with Gasteiger partial charge in [-0.05, 0) is 43.2 Å². The van der Waals surface area contributed by atoms with E-state index in [0.717, 1.165) is 22.0 Å². The van der Waals surface area contributed by atoms with Crippen LogP contribution in [0.4, 0.5) is 5.69 Å². The van der Waals surface area contributed by atoms with E-state index in [2.05, 4.69) is 21.2 Å². The molecule has 0 saturated heterocycles. The van der Waals surface area contributed by atoms with E-state index in [-0.39, 0.29) is 22.6 Å². The van der Waals surface area contributed by atoms with Gasteiger partial charge in [-0.15, -0.1) is 0 Å². The normalized spacial score (nSPS) is 14.9. The lowest BCUT2D eigenvalue weighted by molar-refractivity contribution is 0.0602. The number of rotatable bonds is 3. The smallest absolute Gasteiger partial charge is 0.339 e. The van der Waals surface area contributed by atoms with Crippen molar-refractivity contribution in [3.8, 4) is 0 Å². The Bertz CT molecular complexity index is 1200. The topological polar surface area (TPSA) is 77.4 Å². The number of halogens is 1. The number of benzene rings is 2. The van der Waals surface area contributed by atoms with Crippen LogP contribution in [-0.2, 0) is 11.2 Å². The van der Waals surface area contributed by atoms with E-state index in [4.69, 9.17) is 4.74 Å². The summed E-state index contributed by atoms with van der Waals surface area (Å²) in [5.74, 6) is -1.13. The van der Waals surface area contributed by atoms with E-state index in [9.17, 15) is 14.4 Å². The minimum absolute atomic E-state index is 0.0324. The molecule has 0 fully saturated rings. The molecule has 1 N–H and O–H groups in total. The first-order chi connectivity index (χ1) is 13.4. The van der Waals surface area contributed by atoms with Gasteiger partial charge in [0.05, 0.1) is 23.9 Å². The second-order valence-electron chi connectivity index (χ2n) is 6.78. The number of hydrogen-bond donors (Lipinski definition) is 1. The Hall–Kier alpha value is -2.93. The van der Waals surface area contributed by atoms with Crippen LogP contribution in [0.3, 0.4) is 0 Å². The third-order valence-electron chi connectivity index (χ3n) is 4.98. The highest BCUT2D eigenvalue weighted by atomic mass is 79.9. The molecule has 28 heavy (non-hydrogen) atoms. The number of aromatic nitrogens is 1. The minimum Gasteiger partial charge on any atom is -0.465 e. The number of hydrogen-bond acceptors (Lipinski definition) is 4. The number of pyridine rings is 1. The van der Waals surface area contributed by atoms with Crippen molar-refractivity contribution in [1.82, 2.24) is 4.57 Å². The molecule has 0 bridgehead atoms. The van der Waals surface area contributed by atoms with Crippen LogP contribution >= 0.6 is 15.9 Å². The second-order valence-corrected chi connectivity index (χ2v) is 7.70. The Morgan fingerprint density at radius 1 is 1.21 bits per heavy atom. The van der Waals surface area contributed by atoms with Crippen LogP contribution in [0, 0.1) is 0 Å². The number of amides is 1. The molecule has 1 aliphatic heterocycles. The summed E-state index contributed by atoms with van der Waals surface area (Å²) in [7, 11) is 1.27. The average Bonchev–Trinajstić information content (AvgIpc) is 2.99. The van der Waals surface area contributed by atoms with E-state index in [1.807, 2.05) is 17.6 Å². The van der Waals surface area contributed by atoms with Gasteiger partial charge in [0.1, 0.15) is 5.56 Å². The number of carbonyl (C=O) groups is 2. The zero-order chi connectivity index (χ0) is 20.0. The number of nitrogens with one attached hydrogen (secondary N) is 1. The lowest BCUT2D eigenvalue weighted by atomic mass is 10.1. The molecule has 0 aliphatic carbocycles. The van der Waals surface area contributed by atoms with Gasteiger partial charge in [0, 0.05) is 22.1 Å². The summed E-state index contributed by atoms with van der Waals surface area (Å²) in [6.45, 7) is 2.05. The molecule has 1 aromatic heterocycles. The molecule has 1 amide bonds. The van der Waals surface area contributed by atoms with E-state index in [0.29, 0.717) is 11.1 Å². The van der Waals surface area contributed by atoms with Gasteiger partial charge in [0.15, 0.2) is 0 Å². The number of anilines is 1. The van der Waals surface area contributed by atoms with Gasteiger partial charge in [-0.2, -0.15) is 0 Å². The standard InChI is InChI=1S/C21H17BrN2O4/c1-11-7-12-8-13(22)9-15-18(12)24(11)10-16(19(15)25)20(26)23-17-6-4-3-5-14(17)21(27)28-2/h3-6,8-11H,7H2,1-2H3,(H,23,26). The number of esters is 1. The molecule has 4 rings (SSSR count). The van der Waals surface area contributed by atoms with Gasteiger partial charge in [-0.25, -0.2) is 4.79 Å². The van der Waals surface area contributed by atoms with Crippen LogP contribution in [0.5, 0.6) is 0 Å². The molecule has 0 saturated carbocycles. The maximum Gasteiger partial charge on any atom is 0.339 e.